The normalized spacial score (nSPS) is 12.9. The Morgan fingerprint density at radius 2 is 0.863 bits per heavy atom. The second kappa shape index (κ2) is 18.9. The van der Waals surface area contributed by atoms with E-state index in [0.717, 1.165) is 91.0 Å². The molecule has 0 saturated carbocycles. The number of fused-ring (bicyclic) bond motifs is 8. The summed E-state index contributed by atoms with van der Waals surface area (Å²) in [6, 6.07) is 101. The minimum atomic E-state index is -0.140. The number of aromatic nitrogens is 1. The summed E-state index contributed by atoms with van der Waals surface area (Å²) in [6.45, 7) is -0.232. The van der Waals surface area contributed by atoms with Gasteiger partial charge in [0.1, 0.15) is 11.5 Å². The molecule has 12 aromatic rings. The lowest BCUT2D eigenvalue weighted by molar-refractivity contribution is 0.486. The van der Waals surface area contributed by atoms with Crippen molar-refractivity contribution < 1.29 is 4.74 Å². The lowest BCUT2D eigenvalue weighted by atomic mass is 9.31. The van der Waals surface area contributed by atoms with Crippen LogP contribution in [0.5, 0.6) is 11.5 Å². The maximum Gasteiger partial charge on any atom is 0.253 e. The summed E-state index contributed by atoms with van der Waals surface area (Å²) in [7, 11) is 0. The second-order valence-electron chi connectivity index (χ2n) is 20.6. The number of hydrogen-bond acceptors (Lipinski definition) is 7. The van der Waals surface area contributed by atoms with E-state index < -0.39 is 0 Å². The number of benzene rings is 11. The molecule has 6 nitrogen and oxygen atoms in total. The van der Waals surface area contributed by atoms with E-state index in [0.29, 0.717) is 0 Å². The molecular formula is C71H47B2N5OS. The number of hydrogen-bond donors (Lipinski definition) is 0. The Hall–Kier alpha value is -9.95. The number of ether oxygens (including phenoxy) is 1. The van der Waals surface area contributed by atoms with Crippen molar-refractivity contribution in [1.82, 2.24) is 4.98 Å². The van der Waals surface area contributed by atoms with Crippen LogP contribution in [-0.2, 0) is 0 Å². The molecule has 0 spiro atoms. The highest BCUT2D eigenvalue weighted by Crippen LogP contribution is 2.51. The molecule has 0 amide bonds. The van der Waals surface area contributed by atoms with E-state index in [2.05, 4.69) is 293 Å². The predicted molar refractivity (Wildman–Crippen MR) is 335 cm³/mol. The summed E-state index contributed by atoms with van der Waals surface area (Å²) in [5.74, 6) is 1.76. The van der Waals surface area contributed by atoms with Crippen LogP contribution in [0.4, 0.5) is 68.2 Å². The van der Waals surface area contributed by atoms with Gasteiger partial charge in [-0.2, -0.15) is 0 Å². The summed E-state index contributed by atoms with van der Waals surface area (Å²) in [5.41, 5.74) is 22.3. The molecule has 5 heterocycles. The molecule has 80 heavy (non-hydrogen) atoms. The van der Waals surface area contributed by atoms with Crippen LogP contribution in [0.2, 0.25) is 0 Å². The predicted octanol–water partition coefficient (Wildman–Crippen LogP) is 14.9. The molecule has 0 unspecified atom stereocenters. The first-order valence-corrected chi connectivity index (χ1v) is 28.1. The first-order valence-electron chi connectivity index (χ1n) is 27.3. The van der Waals surface area contributed by atoms with Gasteiger partial charge in [0.25, 0.3) is 13.4 Å². The third kappa shape index (κ3) is 7.42. The second-order valence-corrected chi connectivity index (χ2v) is 21.7. The first kappa shape index (κ1) is 46.2. The fraction of sp³-hybridized carbons (Fsp3) is 0. The van der Waals surface area contributed by atoms with Gasteiger partial charge in [-0.25, -0.2) is 0 Å². The van der Waals surface area contributed by atoms with Gasteiger partial charge in [0.2, 0.25) is 0 Å². The zero-order chi connectivity index (χ0) is 52.7. The van der Waals surface area contributed by atoms with Crippen molar-refractivity contribution >= 4 is 126 Å². The summed E-state index contributed by atoms with van der Waals surface area (Å²) in [5, 5.41) is 0. The van der Waals surface area contributed by atoms with Crippen LogP contribution in [0.3, 0.4) is 0 Å². The highest BCUT2D eigenvalue weighted by atomic mass is 32.2. The lowest BCUT2D eigenvalue weighted by Crippen LogP contribution is -2.64. The molecule has 374 valence electrons. The average Bonchev–Trinajstić information content (AvgIpc) is 3.61. The van der Waals surface area contributed by atoms with Crippen LogP contribution in [0.1, 0.15) is 0 Å². The Bertz CT molecular complexity index is 4270. The average molecular weight is 1040 g/mol. The van der Waals surface area contributed by atoms with Crippen molar-refractivity contribution in [2.75, 3.05) is 19.6 Å². The van der Waals surface area contributed by atoms with Gasteiger partial charge in [0, 0.05) is 78.8 Å². The van der Waals surface area contributed by atoms with Crippen molar-refractivity contribution in [2.24, 2.45) is 0 Å². The number of nitrogens with zero attached hydrogens (tertiary/aromatic N) is 5. The molecular weight excluding hydrogens is 993 g/mol. The van der Waals surface area contributed by atoms with Crippen molar-refractivity contribution in [1.29, 1.82) is 0 Å². The number of pyridine rings is 1. The zero-order valence-corrected chi connectivity index (χ0v) is 44.2. The highest BCUT2D eigenvalue weighted by molar-refractivity contribution is 8.00. The van der Waals surface area contributed by atoms with E-state index >= 15 is 0 Å². The van der Waals surface area contributed by atoms with Crippen LogP contribution in [0.15, 0.2) is 295 Å². The molecule has 4 aliphatic heterocycles. The summed E-state index contributed by atoms with van der Waals surface area (Å²) in [6.07, 6.45) is 1.90. The maximum absolute atomic E-state index is 7.09. The maximum atomic E-state index is 7.09. The molecule has 0 N–H and O–H groups in total. The Balaban J connectivity index is 0.996. The summed E-state index contributed by atoms with van der Waals surface area (Å²) >= 11 is 1.85. The third-order valence-corrected chi connectivity index (χ3v) is 17.3. The highest BCUT2D eigenvalue weighted by Gasteiger charge is 2.47. The van der Waals surface area contributed by atoms with Crippen molar-refractivity contribution in [3.05, 3.63) is 285 Å². The third-order valence-electron chi connectivity index (χ3n) is 16.1. The molecule has 0 fully saturated rings. The van der Waals surface area contributed by atoms with Crippen molar-refractivity contribution in [3.63, 3.8) is 0 Å². The van der Waals surface area contributed by atoms with E-state index in [-0.39, 0.29) is 13.4 Å². The molecule has 0 atom stereocenters. The largest absolute Gasteiger partial charge is 0.458 e. The number of rotatable bonds is 9. The minimum absolute atomic E-state index is 0.0927. The monoisotopic (exact) mass is 1040 g/mol. The Morgan fingerprint density at radius 3 is 1.50 bits per heavy atom. The quantitative estimate of drug-likeness (QED) is 0.133. The first-order chi connectivity index (χ1) is 39.7. The van der Waals surface area contributed by atoms with Gasteiger partial charge in [-0.3, -0.25) is 4.98 Å². The van der Waals surface area contributed by atoms with E-state index in [9.17, 15) is 0 Å². The Kier molecular flexibility index (Phi) is 10.9. The number of anilines is 12. The topological polar surface area (TPSA) is 35.1 Å². The van der Waals surface area contributed by atoms with Crippen molar-refractivity contribution in [2.45, 2.75) is 9.79 Å². The molecule has 0 bridgehead atoms. The molecule has 1 aromatic heterocycles. The molecule has 0 radical (unpaired) electrons. The standard InChI is InChI=1S/C71H47B2N5OS/c1-6-24-48(25-7-1)75(49-26-8-2-9-27-49)53-42-64-70-65(43-53)78(61-38-19-16-34-55(61)60-37-22-23-41-74-60)63-47-68-59(46-58(63)72(70)56-35-17-20-39-62(56)77(64)52-32-14-5-15-33-52)73-57-36-18-21-40-66(57)79-67-44-54(45-69(80-68)71(67)73)76(50-28-10-3-11-29-50)51-30-12-4-13-31-51/h1-47H. The molecule has 0 aliphatic carbocycles. The SMILES string of the molecule is c1ccc(N(c2ccccc2)c2cc3c4c(c2)Sc2cc5c(cc2B4c2ccccc2O3)B2c3ccccc3N(c3ccccc3)c3cc(N(c4ccccc4)c4ccccc4)cc(c32)N5c2ccccc2-c2ccccn2)cc1. The van der Waals surface area contributed by atoms with Crippen LogP contribution in [-0.4, -0.2) is 18.4 Å². The summed E-state index contributed by atoms with van der Waals surface area (Å²) < 4.78 is 7.09. The van der Waals surface area contributed by atoms with E-state index in [1.54, 1.807) is 0 Å². The van der Waals surface area contributed by atoms with Gasteiger partial charge < -0.3 is 24.3 Å². The van der Waals surface area contributed by atoms with Crippen molar-refractivity contribution in [3.8, 4) is 22.8 Å². The van der Waals surface area contributed by atoms with E-state index in [4.69, 9.17) is 9.72 Å². The Labute approximate surface area is 470 Å². The summed E-state index contributed by atoms with van der Waals surface area (Å²) in [4.78, 5) is 17.2. The van der Waals surface area contributed by atoms with Gasteiger partial charge in [-0.15, -0.1) is 0 Å². The van der Waals surface area contributed by atoms with Crippen LogP contribution in [0.25, 0.3) is 11.3 Å². The van der Waals surface area contributed by atoms with Crippen LogP contribution in [0, 0.1) is 0 Å². The minimum Gasteiger partial charge on any atom is -0.458 e. The van der Waals surface area contributed by atoms with Gasteiger partial charge in [-0.05, 0) is 143 Å². The van der Waals surface area contributed by atoms with Crippen LogP contribution < -0.4 is 57.1 Å². The lowest BCUT2D eigenvalue weighted by Gasteiger charge is -2.46. The number of para-hydroxylation sites is 8. The molecule has 11 aromatic carbocycles. The van der Waals surface area contributed by atoms with Gasteiger partial charge in [-0.1, -0.05) is 175 Å². The molecule has 16 rings (SSSR count). The zero-order valence-electron chi connectivity index (χ0n) is 43.3. The van der Waals surface area contributed by atoms with Crippen LogP contribution >= 0.6 is 11.8 Å². The van der Waals surface area contributed by atoms with Gasteiger partial charge in [0.05, 0.1) is 22.8 Å². The fourth-order valence-electron chi connectivity index (χ4n) is 12.8. The van der Waals surface area contributed by atoms with E-state index in [1.807, 2.05) is 24.0 Å². The molecule has 9 heteroatoms. The Morgan fingerprint density at radius 1 is 0.338 bits per heavy atom. The van der Waals surface area contributed by atoms with Gasteiger partial charge in [0.15, 0.2) is 0 Å². The molecule has 0 saturated heterocycles. The van der Waals surface area contributed by atoms with Gasteiger partial charge >= 0.3 is 0 Å². The van der Waals surface area contributed by atoms with E-state index in [1.165, 1.54) is 42.6 Å². The molecule has 4 aliphatic rings. The fourth-order valence-corrected chi connectivity index (χ4v) is 14.1. The smallest absolute Gasteiger partial charge is 0.253 e.